The summed E-state index contributed by atoms with van der Waals surface area (Å²) in [5, 5.41) is 8.90. The quantitative estimate of drug-likeness (QED) is 0.591. The van der Waals surface area contributed by atoms with Crippen LogP contribution in [0, 0.1) is 11.8 Å². The Bertz CT molecular complexity index is 429. The van der Waals surface area contributed by atoms with E-state index in [9.17, 15) is 4.79 Å². The van der Waals surface area contributed by atoms with E-state index in [1.54, 1.807) is 12.1 Å². The number of carbonyl (C=O) groups is 1. The van der Waals surface area contributed by atoms with Crippen LogP contribution in [0.5, 0.6) is 5.75 Å². The summed E-state index contributed by atoms with van der Waals surface area (Å²) in [6.45, 7) is 0. The van der Waals surface area contributed by atoms with Crippen molar-refractivity contribution in [3.63, 3.8) is 0 Å². The molecule has 4 heteroatoms. The third kappa shape index (κ3) is 2.67. The second-order valence-corrected chi connectivity index (χ2v) is 2.97. The van der Waals surface area contributed by atoms with E-state index in [4.69, 9.17) is 9.84 Å². The van der Waals surface area contributed by atoms with Gasteiger partial charge in [-0.15, -0.1) is 0 Å². The molecule has 78 valence electrons. The Hall–Kier alpha value is -1.60. The van der Waals surface area contributed by atoms with Crippen LogP contribution in [0.3, 0.4) is 0 Å². The van der Waals surface area contributed by atoms with E-state index >= 15 is 0 Å². The van der Waals surface area contributed by atoms with E-state index in [1.807, 2.05) is 0 Å². The molecule has 0 aromatic heterocycles. The fourth-order valence-electron chi connectivity index (χ4n) is 1.16. The predicted molar refractivity (Wildman–Crippen MR) is 60.7 cm³/mol. The van der Waals surface area contributed by atoms with Crippen LogP contribution in [0.25, 0.3) is 0 Å². The van der Waals surface area contributed by atoms with Crippen LogP contribution in [0.15, 0.2) is 18.2 Å². The van der Waals surface area contributed by atoms with Crippen molar-refractivity contribution in [3.8, 4) is 17.6 Å². The molecule has 0 aliphatic heterocycles. The molecular weight excluding hydrogens is 212 g/mol. The molecule has 1 rings (SSSR count). The molecule has 0 aliphatic carbocycles. The van der Waals surface area contributed by atoms with Crippen molar-refractivity contribution in [2.75, 3.05) is 12.9 Å². The molecule has 0 spiro atoms. The highest BCUT2D eigenvalue weighted by Gasteiger charge is 2.12. The molecule has 0 amide bonds. The second kappa shape index (κ2) is 5.32. The first-order valence-corrected chi connectivity index (χ1v) is 4.84. The zero-order valence-corrected chi connectivity index (χ0v) is 9.04. The maximum Gasteiger partial charge on any atom is 0.339 e. The van der Waals surface area contributed by atoms with E-state index in [1.165, 1.54) is 13.2 Å². The van der Waals surface area contributed by atoms with Crippen LogP contribution in [0.4, 0.5) is 0 Å². The molecule has 0 unspecified atom stereocenters. The summed E-state index contributed by atoms with van der Waals surface area (Å²) in [5.74, 6) is 5.22. The number of hydrogen-bond acceptors (Lipinski definition) is 3. The summed E-state index contributed by atoms with van der Waals surface area (Å²) in [4.78, 5) is 10.9. The van der Waals surface area contributed by atoms with Gasteiger partial charge >= 0.3 is 5.97 Å². The lowest BCUT2D eigenvalue weighted by Crippen LogP contribution is -2.01. The van der Waals surface area contributed by atoms with Gasteiger partial charge in [0, 0.05) is 0 Å². The molecule has 0 heterocycles. The van der Waals surface area contributed by atoms with E-state index in [0.29, 0.717) is 17.1 Å². The largest absolute Gasteiger partial charge is 0.495 e. The van der Waals surface area contributed by atoms with Crippen molar-refractivity contribution < 1.29 is 14.6 Å². The molecule has 1 N–H and O–H groups in total. The molecule has 0 aliphatic rings. The molecule has 0 saturated carbocycles. The van der Waals surface area contributed by atoms with Gasteiger partial charge in [-0.3, -0.25) is 0 Å². The van der Waals surface area contributed by atoms with Crippen LogP contribution in [-0.4, -0.2) is 23.9 Å². The van der Waals surface area contributed by atoms with E-state index in [2.05, 4.69) is 24.5 Å². The van der Waals surface area contributed by atoms with E-state index in [0.717, 1.165) is 0 Å². The summed E-state index contributed by atoms with van der Waals surface area (Å²) in [5.41, 5.74) is 0.676. The Morgan fingerprint density at radius 1 is 1.60 bits per heavy atom. The molecule has 1 aromatic carbocycles. The number of thiol groups is 1. The van der Waals surface area contributed by atoms with Gasteiger partial charge in [0.2, 0.25) is 0 Å². The molecule has 0 saturated heterocycles. The monoisotopic (exact) mass is 222 g/mol. The highest BCUT2D eigenvalue weighted by atomic mass is 32.1. The van der Waals surface area contributed by atoms with Crippen molar-refractivity contribution in [3.05, 3.63) is 29.3 Å². The highest BCUT2D eigenvalue weighted by molar-refractivity contribution is 7.80. The number of aromatic carboxylic acids is 1. The molecule has 0 radical (unpaired) electrons. The van der Waals surface area contributed by atoms with Crippen LogP contribution in [0.1, 0.15) is 15.9 Å². The first-order valence-electron chi connectivity index (χ1n) is 4.20. The maximum absolute atomic E-state index is 10.9. The number of carboxylic acid groups (broad SMARTS) is 1. The summed E-state index contributed by atoms with van der Waals surface area (Å²) in [6.07, 6.45) is 0. The fraction of sp³-hybridized carbons (Fsp3) is 0.182. The van der Waals surface area contributed by atoms with Gasteiger partial charge < -0.3 is 9.84 Å². The molecule has 0 bridgehead atoms. The topological polar surface area (TPSA) is 46.5 Å². The van der Waals surface area contributed by atoms with Gasteiger partial charge in [0.15, 0.2) is 0 Å². The molecule has 3 nitrogen and oxygen atoms in total. The van der Waals surface area contributed by atoms with Gasteiger partial charge in [0.1, 0.15) is 11.3 Å². The van der Waals surface area contributed by atoms with Gasteiger partial charge in [-0.1, -0.05) is 17.9 Å². The highest BCUT2D eigenvalue weighted by Crippen LogP contribution is 2.22. The Kier molecular flexibility index (Phi) is 4.07. The standard InChI is InChI=1S/C11H10O3S/c1-14-10-8(5-3-7-15)4-2-6-9(10)11(12)13/h2,4,6,15H,7H2,1H3,(H,12,13). The normalized spacial score (nSPS) is 8.93. The fourth-order valence-corrected chi connectivity index (χ4v) is 1.24. The third-order valence-corrected chi connectivity index (χ3v) is 1.91. The van der Waals surface area contributed by atoms with Gasteiger partial charge in [-0.05, 0) is 12.1 Å². The molecule has 0 atom stereocenters. The summed E-state index contributed by atoms with van der Waals surface area (Å²) in [6, 6.07) is 4.82. The number of hydrogen-bond donors (Lipinski definition) is 2. The number of benzene rings is 1. The molecule has 15 heavy (non-hydrogen) atoms. The van der Waals surface area contributed by atoms with E-state index < -0.39 is 5.97 Å². The number of para-hydroxylation sites is 1. The molecular formula is C11H10O3S. The van der Waals surface area contributed by atoms with Crippen molar-refractivity contribution in [2.24, 2.45) is 0 Å². The minimum absolute atomic E-state index is 0.114. The summed E-state index contributed by atoms with van der Waals surface area (Å²) < 4.78 is 5.03. The second-order valence-electron chi connectivity index (χ2n) is 2.65. The average Bonchev–Trinajstić information content (AvgIpc) is 2.25. The molecule has 0 fully saturated rings. The van der Waals surface area contributed by atoms with Crippen molar-refractivity contribution in [1.82, 2.24) is 0 Å². The minimum Gasteiger partial charge on any atom is -0.495 e. The SMILES string of the molecule is COc1c(C#CCS)cccc1C(=O)O. The zero-order chi connectivity index (χ0) is 11.3. The lowest BCUT2D eigenvalue weighted by molar-refractivity contribution is 0.0693. The van der Waals surface area contributed by atoms with E-state index in [-0.39, 0.29) is 5.56 Å². The van der Waals surface area contributed by atoms with Crippen molar-refractivity contribution >= 4 is 18.6 Å². The number of methoxy groups -OCH3 is 1. The summed E-state index contributed by atoms with van der Waals surface area (Å²) in [7, 11) is 1.42. The van der Waals surface area contributed by atoms with Crippen LogP contribution >= 0.6 is 12.6 Å². The lowest BCUT2D eigenvalue weighted by atomic mass is 10.1. The predicted octanol–water partition coefficient (Wildman–Crippen LogP) is 1.67. The van der Waals surface area contributed by atoms with Gasteiger partial charge in [0.25, 0.3) is 0 Å². The first-order chi connectivity index (χ1) is 7.20. The number of carboxylic acids is 1. The number of rotatable bonds is 2. The van der Waals surface area contributed by atoms with Crippen molar-refractivity contribution in [2.45, 2.75) is 0 Å². The van der Waals surface area contributed by atoms with Gasteiger partial charge in [-0.25, -0.2) is 4.79 Å². The third-order valence-electron chi connectivity index (χ3n) is 1.75. The Morgan fingerprint density at radius 2 is 2.33 bits per heavy atom. The average molecular weight is 222 g/mol. The minimum atomic E-state index is -1.03. The first kappa shape index (κ1) is 11.5. The maximum atomic E-state index is 10.9. The Morgan fingerprint density at radius 3 is 2.87 bits per heavy atom. The van der Waals surface area contributed by atoms with Gasteiger partial charge in [0.05, 0.1) is 18.4 Å². The lowest BCUT2D eigenvalue weighted by Gasteiger charge is -2.06. The molecule has 1 aromatic rings. The van der Waals surface area contributed by atoms with Crippen molar-refractivity contribution in [1.29, 1.82) is 0 Å². The van der Waals surface area contributed by atoms with Gasteiger partial charge in [-0.2, -0.15) is 12.6 Å². The smallest absolute Gasteiger partial charge is 0.339 e. The zero-order valence-electron chi connectivity index (χ0n) is 8.15. The van der Waals surface area contributed by atoms with Crippen LogP contribution in [-0.2, 0) is 0 Å². The Labute approximate surface area is 93.5 Å². The Balaban J connectivity index is 3.28. The summed E-state index contributed by atoms with van der Waals surface area (Å²) >= 11 is 3.95. The van der Waals surface area contributed by atoms with Crippen LogP contribution in [0.2, 0.25) is 0 Å². The van der Waals surface area contributed by atoms with Crippen LogP contribution < -0.4 is 4.74 Å². The number of ether oxygens (including phenoxy) is 1.